The highest BCUT2D eigenvalue weighted by molar-refractivity contribution is 6.97. The van der Waals surface area contributed by atoms with Crippen molar-refractivity contribution in [2.75, 3.05) is 0 Å². The van der Waals surface area contributed by atoms with Crippen LogP contribution in [0.2, 0.25) is 0 Å². The van der Waals surface area contributed by atoms with E-state index in [9.17, 15) is 0 Å². The summed E-state index contributed by atoms with van der Waals surface area (Å²) in [6.45, 7) is 32.1. The maximum atomic E-state index is 2.71. The number of hydrogen-bond donors (Lipinski definition) is 0. The minimum atomic E-state index is -0.402. The van der Waals surface area contributed by atoms with Crippen LogP contribution in [-0.2, 0) is 27.1 Å². The van der Waals surface area contributed by atoms with Gasteiger partial charge in [-0.3, -0.25) is 0 Å². The van der Waals surface area contributed by atoms with Gasteiger partial charge < -0.3 is 0 Å². The van der Waals surface area contributed by atoms with Crippen molar-refractivity contribution in [2.45, 2.75) is 155 Å². The lowest BCUT2D eigenvalue weighted by atomic mass is 9.26. The van der Waals surface area contributed by atoms with E-state index in [1.807, 2.05) is 0 Å². The molecule has 0 radical (unpaired) electrons. The van der Waals surface area contributed by atoms with E-state index in [1.165, 1.54) is 98.4 Å². The smallest absolute Gasteiger partial charge is 0.0664 e. The van der Waals surface area contributed by atoms with Crippen molar-refractivity contribution < 1.29 is 0 Å². The highest BCUT2D eigenvalue weighted by Gasteiger charge is 2.58. The Morgan fingerprint density at radius 3 is 1.92 bits per heavy atom. The second-order valence-electron chi connectivity index (χ2n) is 23.6. The van der Waals surface area contributed by atoms with Crippen LogP contribution >= 0.6 is 0 Å². The van der Waals surface area contributed by atoms with Gasteiger partial charge in [-0.15, -0.1) is 0 Å². The van der Waals surface area contributed by atoms with Gasteiger partial charge in [0.2, 0.25) is 6.71 Å². The number of benzene rings is 6. The van der Waals surface area contributed by atoms with Crippen molar-refractivity contribution in [1.29, 1.82) is 0 Å². The minimum Gasteiger partial charge on any atom is -0.0664 e. The van der Waals surface area contributed by atoms with Gasteiger partial charge in [-0.2, -0.15) is 0 Å². The van der Waals surface area contributed by atoms with Crippen molar-refractivity contribution in [3.63, 3.8) is 0 Å². The molecule has 6 aromatic carbocycles. The van der Waals surface area contributed by atoms with Crippen LogP contribution in [0.5, 0.6) is 0 Å². The zero-order chi connectivity index (χ0) is 42.5. The molecule has 3 unspecified atom stereocenters. The van der Waals surface area contributed by atoms with E-state index in [4.69, 9.17) is 0 Å². The van der Waals surface area contributed by atoms with Crippen LogP contribution in [0.15, 0.2) is 103 Å². The molecule has 10 rings (SSSR count). The van der Waals surface area contributed by atoms with Gasteiger partial charge in [0.15, 0.2) is 0 Å². The van der Waals surface area contributed by atoms with Crippen LogP contribution in [0, 0.1) is 12.3 Å². The Balaban J connectivity index is 1.34. The highest BCUT2D eigenvalue weighted by Crippen LogP contribution is 2.63. The molecule has 0 spiro atoms. The van der Waals surface area contributed by atoms with Crippen molar-refractivity contribution in [2.24, 2.45) is 5.41 Å². The average molecular weight is 787 g/mol. The molecule has 1 saturated carbocycles. The predicted molar refractivity (Wildman–Crippen MR) is 260 cm³/mol. The molecule has 0 amide bonds. The molecule has 60 heavy (non-hydrogen) atoms. The molecule has 0 bridgehead atoms. The number of rotatable bonds is 2. The summed E-state index contributed by atoms with van der Waals surface area (Å²) in [7, 11) is 0. The third-order valence-corrected chi connectivity index (χ3v) is 16.8. The monoisotopic (exact) mass is 787 g/mol. The van der Waals surface area contributed by atoms with Crippen LogP contribution in [0.3, 0.4) is 0 Å². The first-order valence-electron chi connectivity index (χ1n) is 23.3. The minimum absolute atomic E-state index is 0.00819. The van der Waals surface area contributed by atoms with Crippen molar-refractivity contribution in [3.8, 4) is 11.1 Å². The molecular formula is C59H67B. The number of hydrogen-bond acceptors (Lipinski definition) is 0. The molecule has 0 nitrogen and oxygen atoms in total. The fourth-order valence-corrected chi connectivity index (χ4v) is 12.9. The van der Waals surface area contributed by atoms with E-state index in [1.54, 1.807) is 27.6 Å². The van der Waals surface area contributed by atoms with Crippen molar-refractivity contribution in [1.82, 2.24) is 0 Å². The predicted octanol–water partition coefficient (Wildman–Crippen LogP) is 13.6. The summed E-state index contributed by atoms with van der Waals surface area (Å²) < 4.78 is 0. The zero-order valence-corrected chi connectivity index (χ0v) is 39.0. The molecule has 1 fully saturated rings. The molecule has 0 N–H and O–H groups in total. The number of aryl methyl sites for hydroxylation is 1. The summed E-state index contributed by atoms with van der Waals surface area (Å²) in [5.74, 6) is 0.396. The summed E-state index contributed by atoms with van der Waals surface area (Å²) in [6.07, 6.45) is 6.52. The van der Waals surface area contributed by atoms with Crippen LogP contribution < -0.4 is 16.4 Å². The maximum Gasteiger partial charge on any atom is 0.242 e. The zero-order valence-electron chi connectivity index (χ0n) is 39.0. The Morgan fingerprint density at radius 2 is 1.20 bits per heavy atom. The summed E-state index contributed by atoms with van der Waals surface area (Å²) in [4.78, 5) is 0. The van der Waals surface area contributed by atoms with E-state index in [0.717, 1.165) is 0 Å². The van der Waals surface area contributed by atoms with E-state index in [-0.39, 0.29) is 33.8 Å². The molecule has 306 valence electrons. The molecule has 2 heterocycles. The fraction of sp³-hybridized carbons (Fsp3) is 0.424. The van der Waals surface area contributed by atoms with E-state index < -0.39 is 5.41 Å². The molecular weight excluding hydrogens is 719 g/mol. The maximum absolute atomic E-state index is 2.71. The molecule has 4 aliphatic rings. The van der Waals surface area contributed by atoms with Gasteiger partial charge in [-0.1, -0.05) is 208 Å². The lowest BCUT2D eigenvalue weighted by Gasteiger charge is -2.59. The lowest BCUT2D eigenvalue weighted by Crippen LogP contribution is -2.67. The van der Waals surface area contributed by atoms with Gasteiger partial charge in [0.1, 0.15) is 0 Å². The Morgan fingerprint density at radius 1 is 0.550 bits per heavy atom. The largest absolute Gasteiger partial charge is 0.242 e. The SMILES string of the molecule is Cc1cc2c3c(c1)[C@@](C)(c1ccc(C(C)(C)C)cc1-c1ccc4ccccc4c1)c1cc(C(C)(C)C)ccc1B3c1cc(C(C)(C)C)cc3c1C2CC1(C)CCCCC31C. The van der Waals surface area contributed by atoms with Gasteiger partial charge in [0, 0.05) is 11.3 Å². The van der Waals surface area contributed by atoms with Gasteiger partial charge in [-0.25, -0.2) is 0 Å². The van der Waals surface area contributed by atoms with Crippen LogP contribution in [-0.4, -0.2) is 6.71 Å². The molecule has 2 aliphatic carbocycles. The van der Waals surface area contributed by atoms with Crippen molar-refractivity contribution >= 4 is 33.9 Å². The third kappa shape index (κ3) is 5.62. The molecule has 0 saturated heterocycles. The Labute approximate surface area is 362 Å². The Hall–Kier alpha value is -4.36. The second-order valence-corrected chi connectivity index (χ2v) is 23.6. The standard InChI is InChI=1S/C59H67B/c1-36-28-44-45-35-57(11)26-16-17-27-58(57,12)48-33-42(56(8,9)10)34-51(52(45)48)60-50-25-23-41(55(5,6)7)32-47(50)59(13,49(29-36)53(44)60)46-24-22-40(54(2,3)4)31-43(46)39-21-20-37-18-14-15-19-38(37)30-39/h14-15,18-25,28-34,45H,16-17,26-27,35H2,1-13H3/t45?,57?,58?,59-/m0/s1. The topological polar surface area (TPSA) is 0 Å². The van der Waals surface area contributed by atoms with Crippen LogP contribution in [0.1, 0.15) is 177 Å². The Kier molecular flexibility index (Phi) is 8.51. The summed E-state index contributed by atoms with van der Waals surface area (Å²) >= 11 is 0. The van der Waals surface area contributed by atoms with Gasteiger partial charge >= 0.3 is 0 Å². The fourth-order valence-electron chi connectivity index (χ4n) is 12.9. The normalized spacial score (nSPS) is 24.4. The van der Waals surface area contributed by atoms with Gasteiger partial charge in [0.05, 0.1) is 0 Å². The summed E-state index contributed by atoms with van der Waals surface area (Å²) in [6, 6.07) is 41.9. The van der Waals surface area contributed by atoms with E-state index >= 15 is 0 Å². The van der Waals surface area contributed by atoms with E-state index in [0.29, 0.717) is 5.92 Å². The quantitative estimate of drug-likeness (QED) is 0.153. The molecule has 2 aliphatic heterocycles. The average Bonchev–Trinajstić information content (AvgIpc) is 3.19. The summed E-state index contributed by atoms with van der Waals surface area (Å²) in [5, 5.41) is 2.58. The lowest BCUT2D eigenvalue weighted by molar-refractivity contribution is 0.0602. The van der Waals surface area contributed by atoms with Crippen LogP contribution in [0.25, 0.3) is 21.9 Å². The Bertz CT molecular complexity index is 2760. The molecule has 6 aromatic rings. The second kappa shape index (κ2) is 12.8. The van der Waals surface area contributed by atoms with E-state index in [2.05, 4.69) is 193 Å². The van der Waals surface area contributed by atoms with Crippen LogP contribution in [0.4, 0.5) is 0 Å². The van der Waals surface area contributed by atoms with Gasteiger partial charge in [-0.05, 0) is 138 Å². The molecule has 4 atom stereocenters. The first kappa shape index (κ1) is 39.8. The number of fused-ring (bicyclic) bond motifs is 7. The third-order valence-electron chi connectivity index (χ3n) is 16.8. The first-order chi connectivity index (χ1) is 28.1. The van der Waals surface area contributed by atoms with Crippen molar-refractivity contribution in [3.05, 3.63) is 159 Å². The highest BCUT2D eigenvalue weighted by atomic mass is 14.6. The molecule has 0 aromatic heterocycles. The first-order valence-corrected chi connectivity index (χ1v) is 23.3. The molecule has 1 heteroatoms. The summed E-state index contributed by atoms with van der Waals surface area (Å²) in [5.41, 5.74) is 22.5. The van der Waals surface area contributed by atoms with Gasteiger partial charge in [0.25, 0.3) is 0 Å².